The summed E-state index contributed by atoms with van der Waals surface area (Å²) in [6, 6.07) is 6.88. The van der Waals surface area contributed by atoms with Crippen LogP contribution < -0.4 is 16.6 Å². The number of carbonyl (C=O) groups excluding carboxylic acids is 1. The van der Waals surface area contributed by atoms with Gasteiger partial charge in [-0.05, 0) is 25.0 Å². The van der Waals surface area contributed by atoms with Gasteiger partial charge in [0.2, 0.25) is 5.88 Å². The van der Waals surface area contributed by atoms with E-state index in [4.69, 9.17) is 0 Å². The molecule has 0 aliphatic heterocycles. The molecule has 1 saturated carbocycles. The molecular formula is C15H14N4O4. The summed E-state index contributed by atoms with van der Waals surface area (Å²) >= 11 is 0. The summed E-state index contributed by atoms with van der Waals surface area (Å²) in [6.07, 6.45) is 3.04. The van der Waals surface area contributed by atoms with Crippen molar-refractivity contribution in [1.29, 1.82) is 0 Å². The molecule has 0 spiro atoms. The number of H-pyrrole nitrogens is 2. The maximum absolute atomic E-state index is 12.2. The number of carbonyl (C=O) groups is 1. The normalized spacial score (nSPS) is 14.1. The van der Waals surface area contributed by atoms with Gasteiger partial charge in [-0.3, -0.25) is 24.5 Å². The van der Waals surface area contributed by atoms with Gasteiger partial charge in [0.15, 0.2) is 0 Å². The minimum atomic E-state index is -0.811. The van der Waals surface area contributed by atoms with Gasteiger partial charge in [0.25, 0.3) is 11.5 Å². The predicted octanol–water partition coefficient (Wildman–Crippen LogP) is 0.412. The highest BCUT2D eigenvalue weighted by atomic mass is 16.3. The molecule has 0 atom stereocenters. The summed E-state index contributed by atoms with van der Waals surface area (Å²) in [6.45, 7) is 0. The first-order valence-corrected chi connectivity index (χ1v) is 7.04. The lowest BCUT2D eigenvalue weighted by Crippen LogP contribution is -2.25. The van der Waals surface area contributed by atoms with Crippen molar-refractivity contribution in [3.63, 3.8) is 0 Å². The number of aromatic nitrogens is 2. The molecule has 2 aromatic rings. The molecular weight excluding hydrogens is 300 g/mol. The third-order valence-corrected chi connectivity index (χ3v) is 3.35. The van der Waals surface area contributed by atoms with Crippen molar-refractivity contribution >= 4 is 17.8 Å². The number of amides is 1. The van der Waals surface area contributed by atoms with E-state index in [-0.39, 0.29) is 17.5 Å². The van der Waals surface area contributed by atoms with Gasteiger partial charge in [-0.1, -0.05) is 12.1 Å². The van der Waals surface area contributed by atoms with E-state index >= 15 is 0 Å². The monoisotopic (exact) mass is 314 g/mol. The fraction of sp³-hybridized carbons (Fsp3) is 0.200. The molecule has 3 rings (SSSR count). The Hall–Kier alpha value is -3.16. The average Bonchev–Trinajstić information content (AvgIpc) is 3.30. The molecule has 0 radical (unpaired) electrons. The number of aromatic hydroxyl groups is 1. The summed E-state index contributed by atoms with van der Waals surface area (Å²) in [5.41, 5.74) is -1.04. The van der Waals surface area contributed by atoms with Crippen LogP contribution in [0.2, 0.25) is 0 Å². The van der Waals surface area contributed by atoms with E-state index < -0.39 is 17.1 Å². The number of hydrogen-bond donors (Lipinski definition) is 4. The maximum Gasteiger partial charge on any atom is 0.328 e. The van der Waals surface area contributed by atoms with E-state index in [2.05, 4.69) is 15.3 Å². The summed E-state index contributed by atoms with van der Waals surface area (Å²) in [5.74, 6) is -0.817. The van der Waals surface area contributed by atoms with Crippen LogP contribution in [0.25, 0.3) is 0 Å². The lowest BCUT2D eigenvalue weighted by molar-refractivity contribution is 0.0952. The van der Waals surface area contributed by atoms with Crippen molar-refractivity contribution in [2.45, 2.75) is 18.9 Å². The van der Waals surface area contributed by atoms with E-state index in [1.165, 1.54) is 0 Å². The SMILES string of the molecule is O=C(NC1CC1)c1ccccc1N=Cc1c(O)[nH]c(=O)[nH]c1=O. The zero-order valence-corrected chi connectivity index (χ0v) is 12.0. The third-order valence-electron chi connectivity index (χ3n) is 3.35. The third kappa shape index (κ3) is 3.37. The highest BCUT2D eigenvalue weighted by Crippen LogP contribution is 2.23. The molecule has 1 heterocycles. The van der Waals surface area contributed by atoms with Gasteiger partial charge in [-0.15, -0.1) is 0 Å². The van der Waals surface area contributed by atoms with Crippen LogP contribution in [0.15, 0.2) is 38.8 Å². The molecule has 0 bridgehead atoms. The Morgan fingerprint density at radius 3 is 2.70 bits per heavy atom. The molecule has 1 amide bonds. The van der Waals surface area contributed by atoms with Crippen molar-refractivity contribution < 1.29 is 9.90 Å². The van der Waals surface area contributed by atoms with E-state index in [0.29, 0.717) is 11.3 Å². The van der Waals surface area contributed by atoms with Crippen LogP contribution in [0.5, 0.6) is 5.88 Å². The lowest BCUT2D eigenvalue weighted by Gasteiger charge is -2.06. The molecule has 4 N–H and O–H groups in total. The first-order valence-electron chi connectivity index (χ1n) is 7.04. The van der Waals surface area contributed by atoms with Crippen LogP contribution in [0.1, 0.15) is 28.8 Å². The summed E-state index contributed by atoms with van der Waals surface area (Å²) < 4.78 is 0. The summed E-state index contributed by atoms with van der Waals surface area (Å²) in [7, 11) is 0. The molecule has 1 fully saturated rings. The lowest BCUT2D eigenvalue weighted by atomic mass is 10.1. The summed E-state index contributed by atoms with van der Waals surface area (Å²) in [5, 5.41) is 12.5. The first kappa shape index (κ1) is 14.8. The van der Waals surface area contributed by atoms with Crippen molar-refractivity contribution in [3.8, 4) is 5.88 Å². The van der Waals surface area contributed by atoms with Crippen molar-refractivity contribution in [2.24, 2.45) is 4.99 Å². The Bertz CT molecular complexity index is 893. The van der Waals surface area contributed by atoms with Gasteiger partial charge in [0, 0.05) is 12.3 Å². The van der Waals surface area contributed by atoms with Crippen LogP contribution >= 0.6 is 0 Å². The topological polar surface area (TPSA) is 127 Å². The molecule has 118 valence electrons. The Morgan fingerprint density at radius 1 is 1.26 bits per heavy atom. The van der Waals surface area contributed by atoms with Gasteiger partial charge in [-0.25, -0.2) is 4.79 Å². The molecule has 1 aromatic carbocycles. The maximum atomic E-state index is 12.2. The number of aromatic amines is 2. The summed E-state index contributed by atoms with van der Waals surface area (Å²) in [4.78, 5) is 43.0. The molecule has 8 nitrogen and oxygen atoms in total. The molecule has 0 unspecified atom stereocenters. The fourth-order valence-electron chi connectivity index (χ4n) is 2.01. The Kier molecular flexibility index (Phi) is 3.80. The van der Waals surface area contributed by atoms with Crippen molar-refractivity contribution in [1.82, 2.24) is 15.3 Å². The minimum Gasteiger partial charge on any atom is -0.494 e. The minimum absolute atomic E-state index is 0.193. The van der Waals surface area contributed by atoms with E-state index in [1.807, 2.05) is 4.98 Å². The van der Waals surface area contributed by atoms with Crippen molar-refractivity contribution in [2.75, 3.05) is 0 Å². The van der Waals surface area contributed by atoms with Gasteiger partial charge < -0.3 is 10.4 Å². The zero-order valence-electron chi connectivity index (χ0n) is 12.0. The second-order valence-electron chi connectivity index (χ2n) is 5.19. The zero-order chi connectivity index (χ0) is 16.4. The number of rotatable bonds is 4. The molecule has 8 heteroatoms. The number of nitrogens with one attached hydrogen (secondary N) is 3. The molecule has 23 heavy (non-hydrogen) atoms. The smallest absolute Gasteiger partial charge is 0.328 e. The molecule has 1 aliphatic carbocycles. The molecule has 1 aliphatic rings. The van der Waals surface area contributed by atoms with Gasteiger partial charge in [0.1, 0.15) is 5.56 Å². The largest absolute Gasteiger partial charge is 0.494 e. The number of hydrogen-bond acceptors (Lipinski definition) is 5. The average molecular weight is 314 g/mol. The van der Waals surface area contributed by atoms with Crippen LogP contribution in [0.3, 0.4) is 0 Å². The van der Waals surface area contributed by atoms with Crippen molar-refractivity contribution in [3.05, 3.63) is 56.2 Å². The van der Waals surface area contributed by atoms with Crippen LogP contribution in [-0.2, 0) is 0 Å². The second-order valence-corrected chi connectivity index (χ2v) is 5.19. The Morgan fingerprint density at radius 2 is 2.00 bits per heavy atom. The van der Waals surface area contributed by atoms with Gasteiger partial charge in [0.05, 0.1) is 11.3 Å². The highest BCUT2D eigenvalue weighted by molar-refractivity contribution is 6.00. The molecule has 0 saturated heterocycles. The van der Waals surface area contributed by atoms with Crippen LogP contribution in [0.4, 0.5) is 5.69 Å². The van der Waals surface area contributed by atoms with E-state index in [1.54, 1.807) is 24.3 Å². The standard InChI is InChI=1S/C15H14N4O4/c20-12(17-8-5-6-8)9-3-1-2-4-11(9)16-7-10-13(21)18-15(23)19-14(10)22/h1-4,7-8H,5-6H2,(H,17,20)(H3,18,19,21,22,23). The van der Waals surface area contributed by atoms with Gasteiger partial charge >= 0.3 is 5.69 Å². The highest BCUT2D eigenvalue weighted by Gasteiger charge is 2.24. The number of para-hydroxylation sites is 1. The van der Waals surface area contributed by atoms with Gasteiger partial charge in [-0.2, -0.15) is 0 Å². The van der Waals surface area contributed by atoms with E-state index in [0.717, 1.165) is 19.1 Å². The second kappa shape index (κ2) is 5.91. The molecule has 1 aromatic heterocycles. The number of nitrogens with zero attached hydrogens (tertiary/aromatic N) is 1. The fourth-order valence-corrected chi connectivity index (χ4v) is 2.01. The Balaban J connectivity index is 1.92. The Labute approximate surface area is 129 Å². The number of aliphatic imine (C=N–C) groups is 1. The predicted molar refractivity (Wildman–Crippen MR) is 83.5 cm³/mol. The first-order chi connectivity index (χ1) is 11.0. The van der Waals surface area contributed by atoms with Crippen LogP contribution in [0, 0.1) is 0 Å². The number of benzene rings is 1. The quantitative estimate of drug-likeness (QED) is 0.609. The van der Waals surface area contributed by atoms with E-state index in [9.17, 15) is 19.5 Å². The van der Waals surface area contributed by atoms with Crippen LogP contribution in [-0.4, -0.2) is 33.2 Å².